The Kier molecular flexibility index (Phi) is 4.20. The number of hydrogen-bond donors (Lipinski definition) is 1. The number of halogens is 3. The first-order chi connectivity index (χ1) is 6.21. The molecule has 0 amide bonds. The Labute approximate surface area is 91.1 Å². The Morgan fingerprint density at radius 1 is 1.07 bits per heavy atom. The van der Waals surface area contributed by atoms with Gasteiger partial charge < -0.3 is 0 Å². The molecule has 0 bridgehead atoms. The smallest absolute Gasteiger partial charge is 0.282 e. The van der Waals surface area contributed by atoms with Crippen LogP contribution in [0.1, 0.15) is 5.56 Å². The third-order valence-corrected chi connectivity index (χ3v) is 2.35. The average molecular weight is 260 g/mol. The van der Waals surface area contributed by atoms with Crippen molar-refractivity contribution in [2.24, 2.45) is 0 Å². The number of alkyl halides is 3. The van der Waals surface area contributed by atoms with Gasteiger partial charge in [0.05, 0.1) is 10.5 Å². The quantitative estimate of drug-likeness (QED) is 0.786. The highest BCUT2D eigenvalue weighted by Crippen LogP contribution is 2.29. The fourth-order valence-electron chi connectivity index (χ4n) is 0.816. The monoisotopic (exact) mass is 260 g/mol. The molecule has 0 fully saturated rings. The Morgan fingerprint density at radius 3 is 1.73 bits per heavy atom. The van der Waals surface area contributed by atoms with Crippen LogP contribution in [0.2, 0.25) is 0 Å². The normalized spacial score (nSPS) is 12.0. The van der Waals surface area contributed by atoms with E-state index in [4.69, 9.17) is 4.55 Å². The Balaban J connectivity index is 0.00000196. The molecule has 3 nitrogen and oxygen atoms in total. The molecular formula is C7H7F3O3S2. The van der Waals surface area contributed by atoms with E-state index >= 15 is 0 Å². The summed E-state index contributed by atoms with van der Waals surface area (Å²) in [6.45, 7) is 0. The van der Waals surface area contributed by atoms with Crippen LogP contribution >= 0.6 is 13.5 Å². The van der Waals surface area contributed by atoms with Gasteiger partial charge in [0.25, 0.3) is 10.1 Å². The molecule has 0 radical (unpaired) electrons. The second-order valence-electron chi connectivity index (χ2n) is 2.50. The van der Waals surface area contributed by atoms with E-state index < -0.39 is 26.8 Å². The van der Waals surface area contributed by atoms with Crippen molar-refractivity contribution in [1.82, 2.24) is 0 Å². The van der Waals surface area contributed by atoms with Gasteiger partial charge in [-0.2, -0.15) is 35.1 Å². The van der Waals surface area contributed by atoms with Crippen LogP contribution in [0.5, 0.6) is 0 Å². The summed E-state index contributed by atoms with van der Waals surface area (Å²) in [5, 5.41) is 0. The fraction of sp³-hybridized carbons (Fsp3) is 0.143. The first-order valence-electron chi connectivity index (χ1n) is 3.36. The van der Waals surface area contributed by atoms with Gasteiger partial charge in [-0.3, -0.25) is 4.55 Å². The van der Waals surface area contributed by atoms with Crippen molar-refractivity contribution in [3.05, 3.63) is 29.8 Å². The van der Waals surface area contributed by atoms with Crippen molar-refractivity contribution in [3.63, 3.8) is 0 Å². The second-order valence-corrected chi connectivity index (χ2v) is 3.92. The van der Waals surface area contributed by atoms with E-state index in [0.717, 1.165) is 0 Å². The largest absolute Gasteiger partial charge is 0.416 e. The molecule has 86 valence electrons. The lowest BCUT2D eigenvalue weighted by atomic mass is 10.2. The second kappa shape index (κ2) is 4.42. The van der Waals surface area contributed by atoms with Gasteiger partial charge in [-0.15, -0.1) is 0 Å². The predicted octanol–water partition coefficient (Wildman–Crippen LogP) is 2.06. The van der Waals surface area contributed by atoms with Crippen molar-refractivity contribution in [3.8, 4) is 0 Å². The molecule has 0 aromatic heterocycles. The van der Waals surface area contributed by atoms with Crippen molar-refractivity contribution >= 4 is 23.6 Å². The maximum absolute atomic E-state index is 12.0. The Morgan fingerprint density at radius 2 is 1.47 bits per heavy atom. The van der Waals surface area contributed by atoms with Gasteiger partial charge >= 0.3 is 6.18 Å². The number of benzene rings is 1. The summed E-state index contributed by atoms with van der Waals surface area (Å²) in [6.07, 6.45) is -4.52. The van der Waals surface area contributed by atoms with Crippen LogP contribution in [0.15, 0.2) is 29.2 Å². The maximum atomic E-state index is 12.0. The lowest BCUT2D eigenvalue weighted by Gasteiger charge is -2.05. The van der Waals surface area contributed by atoms with E-state index in [0.29, 0.717) is 24.3 Å². The van der Waals surface area contributed by atoms with Gasteiger partial charge in [0.1, 0.15) is 0 Å². The van der Waals surface area contributed by atoms with Gasteiger partial charge in [-0.25, -0.2) is 0 Å². The predicted molar refractivity (Wildman–Crippen MR) is 51.6 cm³/mol. The van der Waals surface area contributed by atoms with Crippen LogP contribution < -0.4 is 0 Å². The molecule has 1 N–H and O–H groups in total. The molecule has 15 heavy (non-hydrogen) atoms. The molecule has 8 heteroatoms. The van der Waals surface area contributed by atoms with E-state index in [9.17, 15) is 21.6 Å². The third kappa shape index (κ3) is 3.73. The summed E-state index contributed by atoms with van der Waals surface area (Å²) in [6, 6.07) is 2.56. The number of hydrogen-bond acceptors (Lipinski definition) is 2. The molecule has 1 aromatic rings. The van der Waals surface area contributed by atoms with Gasteiger partial charge in [0.2, 0.25) is 0 Å². The minimum Gasteiger partial charge on any atom is -0.282 e. The van der Waals surface area contributed by atoms with Gasteiger partial charge in [-0.1, -0.05) is 0 Å². The summed E-state index contributed by atoms with van der Waals surface area (Å²) >= 11 is 0. The van der Waals surface area contributed by atoms with Crippen LogP contribution in [-0.2, 0) is 16.3 Å². The molecule has 0 unspecified atom stereocenters. The standard InChI is InChI=1S/C7H5F3O3S.H2S/c8-7(9,10)5-1-3-6(4-2-5)14(11,12)13;/h1-4H,(H,11,12,13);1H2. The van der Waals surface area contributed by atoms with E-state index in [2.05, 4.69) is 0 Å². The minimum atomic E-state index is -4.52. The van der Waals surface area contributed by atoms with Crippen molar-refractivity contribution in [2.75, 3.05) is 0 Å². The van der Waals surface area contributed by atoms with Crippen LogP contribution in [0.25, 0.3) is 0 Å². The molecule has 0 heterocycles. The maximum Gasteiger partial charge on any atom is 0.416 e. The minimum absolute atomic E-state index is 0. The van der Waals surface area contributed by atoms with E-state index in [-0.39, 0.29) is 13.5 Å². The van der Waals surface area contributed by atoms with Crippen LogP contribution in [0.3, 0.4) is 0 Å². The summed E-state index contributed by atoms with van der Waals surface area (Å²) in [4.78, 5) is -0.564. The molecule has 0 aliphatic rings. The van der Waals surface area contributed by atoms with Crippen LogP contribution in [0.4, 0.5) is 13.2 Å². The Hall–Kier alpha value is -0.730. The first-order valence-corrected chi connectivity index (χ1v) is 4.80. The first kappa shape index (κ1) is 14.3. The lowest BCUT2D eigenvalue weighted by Crippen LogP contribution is -2.05. The lowest BCUT2D eigenvalue weighted by molar-refractivity contribution is -0.137. The summed E-state index contributed by atoms with van der Waals surface area (Å²) in [7, 11) is -4.43. The zero-order valence-corrected chi connectivity index (χ0v) is 8.93. The zero-order chi connectivity index (χ0) is 11.0. The van der Waals surface area contributed by atoms with Gasteiger partial charge in [0, 0.05) is 0 Å². The third-order valence-electron chi connectivity index (χ3n) is 1.48. The van der Waals surface area contributed by atoms with Gasteiger partial charge in [-0.05, 0) is 24.3 Å². The molecule has 0 atom stereocenters. The molecule has 0 aliphatic carbocycles. The average Bonchev–Trinajstić information content (AvgIpc) is 2.01. The summed E-state index contributed by atoms with van der Waals surface area (Å²) < 4.78 is 65.4. The van der Waals surface area contributed by atoms with E-state index in [1.165, 1.54) is 0 Å². The van der Waals surface area contributed by atoms with Crippen molar-refractivity contribution < 1.29 is 26.1 Å². The Bertz CT molecular complexity index is 422. The van der Waals surface area contributed by atoms with E-state index in [1.54, 1.807) is 0 Å². The molecule has 0 aliphatic heterocycles. The zero-order valence-electron chi connectivity index (χ0n) is 7.12. The van der Waals surface area contributed by atoms with Crippen LogP contribution in [-0.4, -0.2) is 13.0 Å². The summed E-state index contributed by atoms with van der Waals surface area (Å²) in [5.41, 5.74) is -0.968. The highest BCUT2D eigenvalue weighted by atomic mass is 32.2. The topological polar surface area (TPSA) is 54.4 Å². The molecule has 0 saturated carbocycles. The number of rotatable bonds is 1. The molecular weight excluding hydrogens is 253 g/mol. The van der Waals surface area contributed by atoms with E-state index in [1.807, 2.05) is 0 Å². The molecule has 1 rings (SSSR count). The fourth-order valence-corrected chi connectivity index (χ4v) is 1.30. The van der Waals surface area contributed by atoms with Gasteiger partial charge in [0.15, 0.2) is 0 Å². The molecule has 0 spiro atoms. The molecule has 1 aromatic carbocycles. The highest BCUT2D eigenvalue weighted by molar-refractivity contribution is 7.85. The highest BCUT2D eigenvalue weighted by Gasteiger charge is 2.30. The van der Waals surface area contributed by atoms with Crippen molar-refractivity contribution in [1.29, 1.82) is 0 Å². The van der Waals surface area contributed by atoms with Crippen molar-refractivity contribution in [2.45, 2.75) is 11.1 Å². The SMILES string of the molecule is O=S(=O)(O)c1ccc(C(F)(F)F)cc1.S. The summed E-state index contributed by atoms with van der Waals surface area (Å²) in [5.74, 6) is 0. The molecule has 0 saturated heterocycles. The van der Waals surface area contributed by atoms with Crippen LogP contribution in [0, 0.1) is 0 Å².